The van der Waals surface area contributed by atoms with Crippen LogP contribution in [0.25, 0.3) is 10.6 Å². The molecule has 3 rings (SSSR count). The molecule has 120 valence electrons. The van der Waals surface area contributed by atoms with E-state index in [1.807, 2.05) is 12.3 Å². The van der Waals surface area contributed by atoms with E-state index in [9.17, 15) is 0 Å². The van der Waals surface area contributed by atoms with E-state index in [-0.39, 0.29) is 0 Å². The molecule has 0 saturated heterocycles. The van der Waals surface area contributed by atoms with Crippen LogP contribution in [-0.2, 0) is 5.75 Å². The molecule has 0 N–H and O–H groups in total. The minimum atomic E-state index is 0.541. The van der Waals surface area contributed by atoms with Crippen LogP contribution in [0, 0.1) is 11.3 Å². The molecule has 0 atom stereocenters. The number of benzene rings is 1. The molecule has 0 aliphatic rings. The van der Waals surface area contributed by atoms with Crippen molar-refractivity contribution in [2.24, 2.45) is 0 Å². The summed E-state index contributed by atoms with van der Waals surface area (Å²) in [5.41, 5.74) is 3.14. The lowest BCUT2D eigenvalue weighted by Crippen LogP contribution is -1.86. The van der Waals surface area contributed by atoms with Gasteiger partial charge in [0.1, 0.15) is 5.01 Å². The molecule has 1 aromatic carbocycles. The van der Waals surface area contributed by atoms with E-state index >= 15 is 0 Å². The maximum Gasteiger partial charge on any atom is 0.123 e. The number of thioether (sulfide) groups is 1. The zero-order valence-electron chi connectivity index (χ0n) is 13.6. The van der Waals surface area contributed by atoms with Gasteiger partial charge in [-0.25, -0.2) is 9.97 Å². The fourth-order valence-electron chi connectivity index (χ4n) is 2.22. The summed E-state index contributed by atoms with van der Waals surface area (Å²) in [5, 5.41) is 10.8. The van der Waals surface area contributed by atoms with Crippen molar-refractivity contribution in [3.8, 4) is 16.6 Å². The molecular weight excluding hydrogens is 334 g/mol. The Kier molecular flexibility index (Phi) is 5.29. The van der Waals surface area contributed by atoms with Gasteiger partial charge in [-0.1, -0.05) is 38.1 Å². The number of hydrogen-bond acceptors (Lipinski definition) is 5. The fraction of sp³-hybridized carbons (Fsp3) is 0.211. The fourth-order valence-corrected chi connectivity index (χ4v) is 4.06. The Morgan fingerprint density at radius 1 is 1.17 bits per heavy atom. The minimum absolute atomic E-state index is 0.541. The van der Waals surface area contributed by atoms with Crippen molar-refractivity contribution in [1.82, 2.24) is 9.97 Å². The van der Waals surface area contributed by atoms with Gasteiger partial charge < -0.3 is 0 Å². The lowest BCUT2D eigenvalue weighted by Gasteiger charge is -2.05. The molecule has 0 fully saturated rings. The lowest BCUT2D eigenvalue weighted by atomic mass is 10.0. The number of aromatic nitrogens is 2. The van der Waals surface area contributed by atoms with Crippen molar-refractivity contribution in [2.75, 3.05) is 0 Å². The Hall–Kier alpha value is -2.16. The van der Waals surface area contributed by atoms with Crippen LogP contribution in [-0.4, -0.2) is 9.97 Å². The van der Waals surface area contributed by atoms with Gasteiger partial charge in [-0.15, -0.1) is 23.1 Å². The van der Waals surface area contributed by atoms with Gasteiger partial charge in [0.15, 0.2) is 0 Å². The number of hydrogen-bond donors (Lipinski definition) is 0. The SMILES string of the molecule is CC(C)c1ccc(-c2ncc(CSc3cc(C#N)ccn3)s2)cc1. The third-order valence-corrected chi connectivity index (χ3v) is 5.81. The second-order valence-corrected chi connectivity index (χ2v) is 7.80. The highest BCUT2D eigenvalue weighted by atomic mass is 32.2. The molecule has 0 saturated carbocycles. The van der Waals surface area contributed by atoms with Gasteiger partial charge in [0.05, 0.1) is 16.7 Å². The molecule has 24 heavy (non-hydrogen) atoms. The highest BCUT2D eigenvalue weighted by Gasteiger charge is 2.07. The Morgan fingerprint density at radius 3 is 2.67 bits per heavy atom. The van der Waals surface area contributed by atoms with Gasteiger partial charge in [0, 0.05) is 28.6 Å². The van der Waals surface area contributed by atoms with Gasteiger partial charge in [0.2, 0.25) is 0 Å². The second-order valence-electron chi connectivity index (χ2n) is 5.69. The molecule has 3 aromatic rings. The van der Waals surface area contributed by atoms with E-state index in [1.54, 1.807) is 35.4 Å². The monoisotopic (exact) mass is 351 g/mol. The summed E-state index contributed by atoms with van der Waals surface area (Å²) in [6, 6.07) is 14.3. The van der Waals surface area contributed by atoms with Crippen LogP contribution in [0.5, 0.6) is 0 Å². The topological polar surface area (TPSA) is 49.6 Å². The van der Waals surface area contributed by atoms with Crippen molar-refractivity contribution in [2.45, 2.75) is 30.5 Å². The first-order chi connectivity index (χ1) is 11.7. The zero-order chi connectivity index (χ0) is 16.9. The Bertz CT molecular complexity index is 861. The predicted molar refractivity (Wildman–Crippen MR) is 100 cm³/mol. The van der Waals surface area contributed by atoms with Crippen molar-refractivity contribution < 1.29 is 0 Å². The summed E-state index contributed by atoms with van der Waals surface area (Å²) in [6.45, 7) is 4.39. The van der Waals surface area contributed by atoms with Crippen molar-refractivity contribution in [3.63, 3.8) is 0 Å². The normalized spacial score (nSPS) is 10.8. The van der Waals surface area contributed by atoms with Crippen molar-refractivity contribution in [1.29, 1.82) is 5.26 Å². The third kappa shape index (κ3) is 4.02. The third-order valence-electron chi connectivity index (χ3n) is 3.60. The van der Waals surface area contributed by atoms with E-state index in [0.717, 1.165) is 21.3 Å². The van der Waals surface area contributed by atoms with Crippen LogP contribution >= 0.6 is 23.1 Å². The van der Waals surface area contributed by atoms with E-state index < -0.39 is 0 Å². The highest BCUT2D eigenvalue weighted by molar-refractivity contribution is 7.98. The van der Waals surface area contributed by atoms with E-state index in [4.69, 9.17) is 5.26 Å². The lowest BCUT2D eigenvalue weighted by molar-refractivity contribution is 0.867. The standard InChI is InChI=1S/C19H17N3S2/c1-13(2)15-3-5-16(6-4-15)19-22-11-17(24-19)12-23-18-9-14(10-20)7-8-21-18/h3-9,11,13H,12H2,1-2H3. The maximum absolute atomic E-state index is 8.94. The van der Waals surface area contributed by atoms with Crippen LogP contribution in [0.15, 0.2) is 53.8 Å². The number of nitrogens with zero attached hydrogens (tertiary/aromatic N) is 3. The quantitative estimate of drug-likeness (QED) is 0.570. The molecule has 0 aliphatic carbocycles. The van der Waals surface area contributed by atoms with Crippen LogP contribution < -0.4 is 0 Å². The average Bonchev–Trinajstić information content (AvgIpc) is 3.09. The maximum atomic E-state index is 8.94. The van der Waals surface area contributed by atoms with Gasteiger partial charge in [-0.05, 0) is 23.6 Å². The smallest absolute Gasteiger partial charge is 0.123 e. The summed E-state index contributed by atoms with van der Waals surface area (Å²) in [5.74, 6) is 1.35. The first kappa shape index (κ1) is 16.7. The largest absolute Gasteiger partial charge is 0.250 e. The zero-order valence-corrected chi connectivity index (χ0v) is 15.2. The van der Waals surface area contributed by atoms with Gasteiger partial charge in [-0.3, -0.25) is 0 Å². The Balaban J connectivity index is 1.68. The molecule has 0 aliphatic heterocycles. The molecule has 3 nitrogen and oxygen atoms in total. The number of pyridine rings is 1. The van der Waals surface area contributed by atoms with Gasteiger partial charge in [-0.2, -0.15) is 5.26 Å². The van der Waals surface area contributed by atoms with Crippen LogP contribution in [0.4, 0.5) is 0 Å². The summed E-state index contributed by atoms with van der Waals surface area (Å²) in [6.07, 6.45) is 3.60. The molecule has 5 heteroatoms. The second kappa shape index (κ2) is 7.61. The molecular formula is C19H17N3S2. The first-order valence-electron chi connectivity index (χ1n) is 7.69. The van der Waals surface area contributed by atoms with Crippen LogP contribution in [0.1, 0.15) is 35.8 Å². The van der Waals surface area contributed by atoms with Crippen LogP contribution in [0.3, 0.4) is 0 Å². The Morgan fingerprint density at radius 2 is 1.96 bits per heavy atom. The molecule has 0 radical (unpaired) electrons. The molecule has 0 unspecified atom stereocenters. The summed E-state index contributed by atoms with van der Waals surface area (Å²) < 4.78 is 0. The van der Waals surface area contributed by atoms with Crippen LogP contribution in [0.2, 0.25) is 0 Å². The van der Waals surface area contributed by atoms with E-state index in [2.05, 4.69) is 54.2 Å². The average molecular weight is 352 g/mol. The molecule has 0 bridgehead atoms. The molecule has 0 spiro atoms. The molecule has 2 heterocycles. The molecule has 2 aromatic heterocycles. The van der Waals surface area contributed by atoms with Crippen molar-refractivity contribution in [3.05, 3.63) is 64.8 Å². The predicted octanol–water partition coefficient (Wildman–Crippen LogP) is 5.49. The summed E-state index contributed by atoms with van der Waals surface area (Å²) in [7, 11) is 0. The highest BCUT2D eigenvalue weighted by Crippen LogP contribution is 2.30. The number of rotatable bonds is 5. The summed E-state index contributed by atoms with van der Waals surface area (Å²) >= 11 is 3.33. The minimum Gasteiger partial charge on any atom is -0.250 e. The summed E-state index contributed by atoms with van der Waals surface area (Å²) in [4.78, 5) is 10.0. The van der Waals surface area contributed by atoms with E-state index in [1.165, 1.54) is 10.4 Å². The number of thiazole rings is 1. The van der Waals surface area contributed by atoms with Crippen molar-refractivity contribution >= 4 is 23.1 Å². The van der Waals surface area contributed by atoms with Gasteiger partial charge in [0.25, 0.3) is 0 Å². The number of nitriles is 1. The van der Waals surface area contributed by atoms with E-state index in [0.29, 0.717) is 11.5 Å². The Labute approximate surface area is 150 Å². The molecule has 0 amide bonds. The first-order valence-corrected chi connectivity index (χ1v) is 9.50. The van der Waals surface area contributed by atoms with Gasteiger partial charge >= 0.3 is 0 Å².